The zero-order valence-corrected chi connectivity index (χ0v) is 13.2. The summed E-state index contributed by atoms with van der Waals surface area (Å²) in [5.41, 5.74) is 0.830. The highest BCUT2D eigenvalue weighted by atomic mass is 19.4. The van der Waals surface area contributed by atoms with Gasteiger partial charge in [-0.3, -0.25) is 9.69 Å². The minimum absolute atomic E-state index is 0.412. The van der Waals surface area contributed by atoms with Gasteiger partial charge in [-0.25, -0.2) is 0 Å². The van der Waals surface area contributed by atoms with Gasteiger partial charge in [0.05, 0.1) is 6.10 Å². The number of amides is 1. The van der Waals surface area contributed by atoms with Crippen molar-refractivity contribution in [1.82, 2.24) is 9.80 Å². The fraction of sp³-hybridized carbons (Fsp3) is 0.562. The second kappa shape index (κ2) is 8.46. The Kier molecular flexibility index (Phi) is 6.59. The molecule has 0 aromatic heterocycles. The van der Waals surface area contributed by atoms with Gasteiger partial charge in [0.2, 0.25) is 5.91 Å². The van der Waals surface area contributed by atoms with Crippen LogP contribution in [0.15, 0.2) is 30.3 Å². The topological polar surface area (TPSA) is 53.0 Å². The van der Waals surface area contributed by atoms with Gasteiger partial charge in [-0.05, 0) is 5.56 Å². The lowest BCUT2D eigenvalue weighted by Gasteiger charge is -2.35. The van der Waals surface area contributed by atoms with Crippen LogP contribution in [0.5, 0.6) is 0 Å². The van der Waals surface area contributed by atoms with E-state index in [9.17, 15) is 23.1 Å². The molecule has 5 nitrogen and oxygen atoms in total. The molecular formula is C16H21F3N2O3. The maximum absolute atomic E-state index is 12.0. The first-order chi connectivity index (χ1) is 11.3. The van der Waals surface area contributed by atoms with Crippen molar-refractivity contribution in [2.24, 2.45) is 0 Å². The van der Waals surface area contributed by atoms with E-state index < -0.39 is 31.4 Å². The van der Waals surface area contributed by atoms with Gasteiger partial charge in [0.25, 0.3) is 0 Å². The summed E-state index contributed by atoms with van der Waals surface area (Å²) in [5.74, 6) is -0.442. The van der Waals surface area contributed by atoms with Gasteiger partial charge < -0.3 is 14.7 Å². The Labute approximate surface area is 138 Å². The predicted octanol–water partition coefficient (Wildman–Crippen LogP) is 1.44. The Morgan fingerprint density at radius 2 is 1.79 bits per heavy atom. The zero-order chi connectivity index (χ0) is 17.6. The number of alkyl halides is 3. The van der Waals surface area contributed by atoms with Crippen LogP contribution in [0.3, 0.4) is 0 Å². The average molecular weight is 346 g/mol. The van der Waals surface area contributed by atoms with Crippen molar-refractivity contribution in [1.29, 1.82) is 0 Å². The Hall–Kier alpha value is -1.64. The molecule has 1 N–H and O–H groups in total. The Morgan fingerprint density at radius 3 is 2.38 bits per heavy atom. The van der Waals surface area contributed by atoms with Gasteiger partial charge in [0.15, 0.2) is 0 Å². The summed E-state index contributed by atoms with van der Waals surface area (Å²) in [6.45, 7) is 0.431. The van der Waals surface area contributed by atoms with E-state index in [-0.39, 0.29) is 0 Å². The number of benzene rings is 1. The van der Waals surface area contributed by atoms with Crippen LogP contribution in [0.25, 0.3) is 0 Å². The van der Waals surface area contributed by atoms with Gasteiger partial charge in [0, 0.05) is 32.7 Å². The number of hydrogen-bond donors (Lipinski definition) is 1. The van der Waals surface area contributed by atoms with Crippen molar-refractivity contribution < 1.29 is 27.8 Å². The third-order valence-electron chi connectivity index (χ3n) is 3.83. The number of ether oxygens (including phenoxy) is 1. The van der Waals surface area contributed by atoms with Crippen molar-refractivity contribution in [2.45, 2.75) is 12.3 Å². The predicted molar refractivity (Wildman–Crippen MR) is 81.3 cm³/mol. The highest BCUT2D eigenvalue weighted by Gasteiger charge is 2.29. The van der Waals surface area contributed by atoms with Gasteiger partial charge in [0.1, 0.15) is 13.2 Å². The number of carbonyl (C=O) groups is 1. The lowest BCUT2D eigenvalue weighted by molar-refractivity contribution is -0.178. The van der Waals surface area contributed by atoms with E-state index in [0.717, 1.165) is 5.56 Å². The van der Waals surface area contributed by atoms with E-state index in [1.165, 1.54) is 4.90 Å². The Balaban J connectivity index is 1.70. The van der Waals surface area contributed by atoms with Crippen molar-refractivity contribution in [3.05, 3.63) is 35.9 Å². The first kappa shape index (κ1) is 18.7. The number of nitrogens with zero attached hydrogens (tertiary/aromatic N) is 2. The molecule has 24 heavy (non-hydrogen) atoms. The minimum Gasteiger partial charge on any atom is -0.387 e. The van der Waals surface area contributed by atoms with Crippen LogP contribution in [-0.4, -0.2) is 72.9 Å². The molecule has 1 aromatic carbocycles. The normalized spacial score (nSPS) is 17.8. The van der Waals surface area contributed by atoms with Gasteiger partial charge >= 0.3 is 6.18 Å². The van der Waals surface area contributed by atoms with E-state index in [0.29, 0.717) is 32.7 Å². The summed E-state index contributed by atoms with van der Waals surface area (Å²) >= 11 is 0. The second-order valence-corrected chi connectivity index (χ2v) is 5.72. The number of halogens is 3. The lowest BCUT2D eigenvalue weighted by atomic mass is 10.1. The second-order valence-electron chi connectivity index (χ2n) is 5.72. The summed E-state index contributed by atoms with van der Waals surface area (Å²) in [7, 11) is 0. The van der Waals surface area contributed by atoms with E-state index >= 15 is 0 Å². The molecule has 134 valence electrons. The number of aliphatic hydroxyl groups excluding tert-OH is 1. The van der Waals surface area contributed by atoms with Crippen molar-refractivity contribution in [3.8, 4) is 0 Å². The Bertz CT molecular complexity index is 517. The van der Waals surface area contributed by atoms with Crippen LogP contribution in [0, 0.1) is 0 Å². The zero-order valence-electron chi connectivity index (χ0n) is 13.2. The van der Waals surface area contributed by atoms with Crippen LogP contribution in [-0.2, 0) is 9.53 Å². The minimum atomic E-state index is -4.42. The average Bonchev–Trinajstić information content (AvgIpc) is 2.55. The third kappa shape index (κ3) is 6.10. The van der Waals surface area contributed by atoms with E-state index in [1.54, 1.807) is 0 Å². The molecule has 8 heteroatoms. The summed E-state index contributed by atoms with van der Waals surface area (Å²) in [6.07, 6.45) is -5.03. The van der Waals surface area contributed by atoms with Crippen LogP contribution in [0.2, 0.25) is 0 Å². The summed E-state index contributed by atoms with van der Waals surface area (Å²) in [5, 5.41) is 10.2. The molecule has 1 fully saturated rings. The van der Waals surface area contributed by atoms with Gasteiger partial charge in [-0.2, -0.15) is 13.2 Å². The molecule has 0 saturated carbocycles. The smallest absolute Gasteiger partial charge is 0.387 e. The van der Waals surface area contributed by atoms with Crippen LogP contribution in [0.1, 0.15) is 11.7 Å². The summed E-state index contributed by atoms with van der Waals surface area (Å²) < 4.78 is 40.3. The third-order valence-corrected chi connectivity index (χ3v) is 3.83. The number of hydrogen-bond acceptors (Lipinski definition) is 4. The first-order valence-corrected chi connectivity index (χ1v) is 7.73. The molecule has 1 aliphatic rings. The number of piperazine rings is 1. The molecule has 0 aliphatic carbocycles. The summed E-state index contributed by atoms with van der Waals surface area (Å²) in [4.78, 5) is 15.3. The Morgan fingerprint density at radius 1 is 1.17 bits per heavy atom. The van der Waals surface area contributed by atoms with Crippen molar-refractivity contribution >= 4 is 5.91 Å². The molecular weight excluding hydrogens is 325 g/mol. The van der Waals surface area contributed by atoms with Gasteiger partial charge in [-0.15, -0.1) is 0 Å². The fourth-order valence-electron chi connectivity index (χ4n) is 2.55. The monoisotopic (exact) mass is 346 g/mol. The maximum Gasteiger partial charge on any atom is 0.411 e. The van der Waals surface area contributed by atoms with E-state index in [4.69, 9.17) is 0 Å². The first-order valence-electron chi connectivity index (χ1n) is 7.73. The number of aliphatic hydroxyl groups is 1. The fourth-order valence-corrected chi connectivity index (χ4v) is 2.55. The number of β-amino-alcohol motifs (C(OH)–C–C–N with tert-alkyl or cyclic N) is 1. The molecule has 1 heterocycles. The molecule has 0 radical (unpaired) electrons. The van der Waals surface area contributed by atoms with Crippen LogP contribution < -0.4 is 0 Å². The van der Waals surface area contributed by atoms with Gasteiger partial charge in [-0.1, -0.05) is 30.3 Å². The van der Waals surface area contributed by atoms with Crippen LogP contribution >= 0.6 is 0 Å². The lowest BCUT2D eigenvalue weighted by Crippen LogP contribution is -2.50. The molecule has 1 saturated heterocycles. The van der Waals surface area contributed by atoms with Crippen molar-refractivity contribution in [3.63, 3.8) is 0 Å². The highest BCUT2D eigenvalue weighted by Crippen LogP contribution is 2.16. The number of rotatable bonds is 6. The molecule has 1 aliphatic heterocycles. The standard InChI is InChI=1S/C16H21F3N2O3/c17-16(18,19)12-24-11-15(23)21-8-6-20(7-9-21)10-14(22)13-4-2-1-3-5-13/h1-5,14,22H,6-12H2/t14-/m0/s1. The molecule has 1 atom stereocenters. The van der Waals surface area contributed by atoms with Crippen molar-refractivity contribution in [2.75, 3.05) is 45.9 Å². The van der Waals surface area contributed by atoms with E-state index in [2.05, 4.69) is 4.74 Å². The molecule has 0 unspecified atom stereocenters. The molecule has 1 amide bonds. The molecule has 2 rings (SSSR count). The molecule has 1 aromatic rings. The van der Waals surface area contributed by atoms with Crippen LogP contribution in [0.4, 0.5) is 13.2 Å². The SMILES string of the molecule is O=C(COCC(F)(F)F)N1CCN(C[C@H](O)c2ccccc2)CC1. The largest absolute Gasteiger partial charge is 0.411 e. The quantitative estimate of drug-likeness (QED) is 0.847. The van der Waals surface area contributed by atoms with E-state index in [1.807, 2.05) is 35.2 Å². The maximum atomic E-state index is 12.0. The highest BCUT2D eigenvalue weighted by molar-refractivity contribution is 5.77. The molecule has 0 spiro atoms. The summed E-state index contributed by atoms with van der Waals surface area (Å²) in [6, 6.07) is 9.29. The molecule has 0 bridgehead atoms. The number of carbonyl (C=O) groups excluding carboxylic acids is 1.